The fraction of sp³-hybridized carbons (Fsp3) is 0.125. The van der Waals surface area contributed by atoms with Crippen molar-refractivity contribution in [3.05, 3.63) is 65.2 Å². The molecule has 2 aromatic rings. The van der Waals surface area contributed by atoms with Crippen LogP contribution in [-0.2, 0) is 0 Å². The van der Waals surface area contributed by atoms with Crippen LogP contribution < -0.4 is 5.32 Å². The molecule has 0 saturated carbocycles. The van der Waals surface area contributed by atoms with Crippen LogP contribution in [0.15, 0.2) is 42.7 Å². The molecule has 0 aliphatic carbocycles. The van der Waals surface area contributed by atoms with Crippen LogP contribution in [0.5, 0.6) is 0 Å². The highest BCUT2D eigenvalue weighted by molar-refractivity contribution is 6.21. The highest BCUT2D eigenvalue weighted by atomic mass is 19.1. The van der Waals surface area contributed by atoms with Crippen molar-refractivity contribution in [2.45, 2.75) is 0 Å². The number of hydrogen-bond donors (Lipinski definition) is 1. The van der Waals surface area contributed by atoms with E-state index < -0.39 is 17.6 Å². The summed E-state index contributed by atoms with van der Waals surface area (Å²) in [5.74, 6) is -2.32. The standard InChI is InChI=1S/C16H12FN3O3/c17-12-5-1-4-11-13(12)16(23)20(15(11)22)8-7-19-14(21)10-3-2-6-18-9-10/h1-6,9H,7-8H2,(H,19,21). The Labute approximate surface area is 130 Å². The van der Waals surface area contributed by atoms with Gasteiger partial charge in [-0.2, -0.15) is 0 Å². The zero-order valence-corrected chi connectivity index (χ0v) is 12.0. The molecular formula is C16H12FN3O3. The van der Waals surface area contributed by atoms with E-state index in [9.17, 15) is 18.8 Å². The second-order valence-corrected chi connectivity index (χ2v) is 4.92. The number of carbonyl (C=O) groups excluding carboxylic acids is 3. The van der Waals surface area contributed by atoms with Crippen LogP contribution in [0.4, 0.5) is 4.39 Å². The largest absolute Gasteiger partial charge is 0.350 e. The lowest BCUT2D eigenvalue weighted by atomic mass is 10.1. The number of rotatable bonds is 4. The van der Waals surface area contributed by atoms with Crippen molar-refractivity contribution in [2.24, 2.45) is 0 Å². The number of benzene rings is 1. The smallest absolute Gasteiger partial charge is 0.264 e. The average Bonchev–Trinajstić information content (AvgIpc) is 2.81. The van der Waals surface area contributed by atoms with E-state index in [1.165, 1.54) is 18.3 Å². The van der Waals surface area contributed by atoms with Crippen molar-refractivity contribution in [1.82, 2.24) is 15.2 Å². The van der Waals surface area contributed by atoms with Crippen LogP contribution in [0.25, 0.3) is 0 Å². The van der Waals surface area contributed by atoms with Gasteiger partial charge in [-0.15, -0.1) is 0 Å². The molecule has 1 aliphatic rings. The first-order valence-corrected chi connectivity index (χ1v) is 6.92. The summed E-state index contributed by atoms with van der Waals surface area (Å²) in [6.45, 7) is 0.0403. The molecule has 3 amide bonds. The van der Waals surface area contributed by atoms with Crippen LogP contribution in [0.1, 0.15) is 31.1 Å². The van der Waals surface area contributed by atoms with Gasteiger partial charge in [0.2, 0.25) is 0 Å². The maximum atomic E-state index is 13.7. The number of nitrogens with one attached hydrogen (secondary N) is 1. The monoisotopic (exact) mass is 313 g/mol. The third-order valence-electron chi connectivity index (χ3n) is 3.49. The van der Waals surface area contributed by atoms with Crippen LogP contribution in [0, 0.1) is 5.82 Å². The van der Waals surface area contributed by atoms with Gasteiger partial charge in [0, 0.05) is 25.5 Å². The Morgan fingerprint density at radius 3 is 2.70 bits per heavy atom. The number of amides is 3. The fourth-order valence-corrected chi connectivity index (χ4v) is 2.38. The molecule has 7 heteroatoms. The number of imide groups is 1. The normalized spacial score (nSPS) is 13.2. The predicted molar refractivity (Wildman–Crippen MR) is 78.3 cm³/mol. The lowest BCUT2D eigenvalue weighted by Gasteiger charge is -2.14. The first kappa shape index (κ1) is 14.8. The van der Waals surface area contributed by atoms with Crippen LogP contribution in [0.2, 0.25) is 0 Å². The third kappa shape index (κ3) is 2.68. The van der Waals surface area contributed by atoms with Gasteiger partial charge in [0.1, 0.15) is 5.82 Å². The Kier molecular flexibility index (Phi) is 3.84. The number of pyridine rings is 1. The molecule has 0 spiro atoms. The molecule has 3 rings (SSSR count). The van der Waals surface area contributed by atoms with Crippen LogP contribution >= 0.6 is 0 Å². The van der Waals surface area contributed by atoms with Crippen LogP contribution in [-0.4, -0.2) is 40.7 Å². The summed E-state index contributed by atoms with van der Waals surface area (Å²) in [6.07, 6.45) is 2.96. The van der Waals surface area contributed by atoms with E-state index in [0.29, 0.717) is 5.56 Å². The molecule has 6 nitrogen and oxygen atoms in total. The van der Waals surface area contributed by atoms with Crippen molar-refractivity contribution < 1.29 is 18.8 Å². The molecule has 1 N–H and O–H groups in total. The summed E-state index contributed by atoms with van der Waals surface area (Å²) >= 11 is 0. The minimum atomic E-state index is -0.720. The van der Waals surface area contributed by atoms with E-state index in [2.05, 4.69) is 10.3 Å². The third-order valence-corrected chi connectivity index (χ3v) is 3.49. The number of carbonyl (C=O) groups is 3. The number of fused-ring (bicyclic) bond motifs is 1. The van der Waals surface area contributed by atoms with Gasteiger partial charge >= 0.3 is 0 Å². The molecule has 2 heterocycles. The number of halogens is 1. The zero-order valence-electron chi connectivity index (χ0n) is 12.0. The summed E-state index contributed by atoms with van der Waals surface area (Å²) < 4.78 is 13.7. The SMILES string of the molecule is O=C(NCCN1C(=O)c2cccc(F)c2C1=O)c1cccnc1. The van der Waals surface area contributed by atoms with Crippen molar-refractivity contribution in [2.75, 3.05) is 13.1 Å². The summed E-state index contributed by atoms with van der Waals surface area (Å²) in [5, 5.41) is 2.59. The maximum Gasteiger partial charge on any atom is 0.264 e. The molecule has 0 bridgehead atoms. The second kappa shape index (κ2) is 5.96. The maximum absolute atomic E-state index is 13.7. The van der Waals surface area contributed by atoms with E-state index in [4.69, 9.17) is 0 Å². The molecule has 1 aromatic carbocycles. The Morgan fingerprint density at radius 1 is 1.17 bits per heavy atom. The molecule has 0 atom stereocenters. The minimum Gasteiger partial charge on any atom is -0.350 e. The van der Waals surface area contributed by atoms with E-state index >= 15 is 0 Å². The van der Waals surface area contributed by atoms with Crippen molar-refractivity contribution >= 4 is 17.7 Å². The van der Waals surface area contributed by atoms with Crippen molar-refractivity contribution in [3.63, 3.8) is 0 Å². The van der Waals surface area contributed by atoms with Gasteiger partial charge in [0.25, 0.3) is 17.7 Å². The number of nitrogens with zero attached hydrogens (tertiary/aromatic N) is 2. The van der Waals surface area contributed by atoms with E-state index in [-0.39, 0.29) is 30.1 Å². The van der Waals surface area contributed by atoms with Crippen LogP contribution in [0.3, 0.4) is 0 Å². The van der Waals surface area contributed by atoms with Gasteiger partial charge < -0.3 is 5.32 Å². The Bertz CT molecular complexity index is 792. The van der Waals surface area contributed by atoms with Gasteiger partial charge in [-0.25, -0.2) is 4.39 Å². The second-order valence-electron chi connectivity index (χ2n) is 4.92. The zero-order chi connectivity index (χ0) is 16.4. The summed E-state index contributed by atoms with van der Waals surface area (Å²) in [4.78, 5) is 40.9. The highest BCUT2D eigenvalue weighted by Gasteiger charge is 2.37. The van der Waals surface area contributed by atoms with Crippen molar-refractivity contribution in [1.29, 1.82) is 0 Å². The Morgan fingerprint density at radius 2 is 2.00 bits per heavy atom. The molecule has 23 heavy (non-hydrogen) atoms. The molecule has 0 radical (unpaired) electrons. The molecule has 116 valence electrons. The van der Waals surface area contributed by atoms with Gasteiger partial charge in [-0.1, -0.05) is 6.07 Å². The number of hydrogen-bond acceptors (Lipinski definition) is 4. The Balaban J connectivity index is 1.64. The molecular weight excluding hydrogens is 301 g/mol. The molecule has 0 unspecified atom stereocenters. The number of aromatic nitrogens is 1. The van der Waals surface area contributed by atoms with E-state index in [1.54, 1.807) is 18.3 Å². The molecule has 0 saturated heterocycles. The lowest BCUT2D eigenvalue weighted by molar-refractivity contribution is 0.0648. The molecule has 0 fully saturated rings. The average molecular weight is 313 g/mol. The summed E-state index contributed by atoms with van der Waals surface area (Å²) in [6, 6.07) is 7.15. The first-order valence-electron chi connectivity index (χ1n) is 6.92. The summed E-state index contributed by atoms with van der Waals surface area (Å²) in [5.41, 5.74) is 0.213. The predicted octanol–water partition coefficient (Wildman–Crippen LogP) is 1.25. The van der Waals surface area contributed by atoms with Crippen molar-refractivity contribution in [3.8, 4) is 0 Å². The Hall–Kier alpha value is -3.09. The quantitative estimate of drug-likeness (QED) is 0.862. The van der Waals surface area contributed by atoms with E-state index in [0.717, 1.165) is 11.0 Å². The molecule has 1 aliphatic heterocycles. The fourth-order valence-electron chi connectivity index (χ4n) is 2.38. The van der Waals surface area contributed by atoms with Gasteiger partial charge in [-0.3, -0.25) is 24.3 Å². The topological polar surface area (TPSA) is 79.4 Å². The van der Waals surface area contributed by atoms with E-state index in [1.807, 2.05) is 0 Å². The van der Waals surface area contributed by atoms with Gasteiger partial charge in [0.05, 0.1) is 16.7 Å². The lowest BCUT2D eigenvalue weighted by Crippen LogP contribution is -2.38. The van der Waals surface area contributed by atoms with Gasteiger partial charge in [-0.05, 0) is 24.3 Å². The first-order chi connectivity index (χ1) is 11.1. The highest BCUT2D eigenvalue weighted by Crippen LogP contribution is 2.24. The summed E-state index contributed by atoms with van der Waals surface area (Å²) in [7, 11) is 0. The minimum absolute atomic E-state index is 0.0300. The van der Waals surface area contributed by atoms with Gasteiger partial charge in [0.15, 0.2) is 0 Å². The molecule has 1 aromatic heterocycles.